The van der Waals surface area contributed by atoms with Crippen molar-refractivity contribution in [1.29, 1.82) is 0 Å². The van der Waals surface area contributed by atoms with Crippen LogP contribution in [-0.4, -0.2) is 17.4 Å². The van der Waals surface area contributed by atoms with Gasteiger partial charge in [0.1, 0.15) is 0 Å². The number of anilines is 1. The number of nitrogens with one attached hydrogen (secondary N) is 2. The first kappa shape index (κ1) is 18.9. The first-order valence-electron chi connectivity index (χ1n) is 9.26. The standard InChI is InChI=1S/C22H25N3O2/c1-3-23-14-18-6-4-5-7-19(18)25-21(26)12-13-22-24-15-20(27-22)17-10-8-16(2)9-11-17/h4-11,15,23H,3,12-14H2,1-2H3,(H,25,26). The molecule has 140 valence electrons. The topological polar surface area (TPSA) is 67.2 Å². The number of hydrogen-bond donors (Lipinski definition) is 2. The van der Waals surface area contributed by atoms with E-state index in [1.807, 2.05) is 55.5 Å². The molecule has 0 bridgehead atoms. The van der Waals surface area contributed by atoms with Gasteiger partial charge in [-0.3, -0.25) is 4.79 Å². The summed E-state index contributed by atoms with van der Waals surface area (Å²) in [4.78, 5) is 16.6. The molecule has 3 rings (SSSR count). The summed E-state index contributed by atoms with van der Waals surface area (Å²) in [6.07, 6.45) is 2.50. The zero-order valence-electron chi connectivity index (χ0n) is 15.8. The third kappa shape index (κ3) is 5.28. The largest absolute Gasteiger partial charge is 0.441 e. The Balaban J connectivity index is 1.56. The molecule has 2 aromatic carbocycles. The molecule has 1 amide bonds. The lowest BCUT2D eigenvalue weighted by Gasteiger charge is -2.11. The van der Waals surface area contributed by atoms with Crippen molar-refractivity contribution < 1.29 is 9.21 Å². The maximum atomic E-state index is 12.3. The van der Waals surface area contributed by atoms with Gasteiger partial charge < -0.3 is 15.1 Å². The number of amides is 1. The van der Waals surface area contributed by atoms with Gasteiger partial charge in [0, 0.05) is 30.6 Å². The van der Waals surface area contributed by atoms with Gasteiger partial charge >= 0.3 is 0 Å². The fourth-order valence-electron chi connectivity index (χ4n) is 2.77. The fraction of sp³-hybridized carbons (Fsp3) is 0.273. The highest BCUT2D eigenvalue weighted by Gasteiger charge is 2.10. The zero-order chi connectivity index (χ0) is 19.1. The van der Waals surface area contributed by atoms with Gasteiger partial charge in [-0.25, -0.2) is 4.98 Å². The lowest BCUT2D eigenvalue weighted by molar-refractivity contribution is -0.116. The van der Waals surface area contributed by atoms with Crippen LogP contribution in [0, 0.1) is 6.92 Å². The Kier molecular flexibility index (Phi) is 6.39. The van der Waals surface area contributed by atoms with Gasteiger partial charge in [0.05, 0.1) is 6.20 Å². The van der Waals surface area contributed by atoms with Crippen LogP contribution in [0.25, 0.3) is 11.3 Å². The molecule has 5 nitrogen and oxygen atoms in total. The number of rotatable bonds is 8. The highest BCUT2D eigenvalue weighted by atomic mass is 16.4. The molecule has 0 aliphatic rings. The Morgan fingerprint density at radius 3 is 2.67 bits per heavy atom. The number of hydrogen-bond acceptors (Lipinski definition) is 4. The fourth-order valence-corrected chi connectivity index (χ4v) is 2.77. The van der Waals surface area contributed by atoms with E-state index >= 15 is 0 Å². The van der Waals surface area contributed by atoms with Gasteiger partial charge in [-0.1, -0.05) is 55.0 Å². The third-order valence-electron chi connectivity index (χ3n) is 4.31. The van der Waals surface area contributed by atoms with Crippen molar-refractivity contribution in [2.75, 3.05) is 11.9 Å². The molecule has 0 fully saturated rings. The van der Waals surface area contributed by atoms with Crippen LogP contribution in [0.4, 0.5) is 5.69 Å². The minimum Gasteiger partial charge on any atom is -0.441 e. The minimum absolute atomic E-state index is 0.0472. The second kappa shape index (κ2) is 9.14. The van der Waals surface area contributed by atoms with E-state index in [2.05, 4.69) is 22.5 Å². The third-order valence-corrected chi connectivity index (χ3v) is 4.31. The van der Waals surface area contributed by atoms with Crippen molar-refractivity contribution in [2.45, 2.75) is 33.2 Å². The lowest BCUT2D eigenvalue weighted by Crippen LogP contribution is -2.17. The van der Waals surface area contributed by atoms with Crippen molar-refractivity contribution in [3.8, 4) is 11.3 Å². The molecule has 0 spiro atoms. The van der Waals surface area contributed by atoms with Crippen LogP contribution >= 0.6 is 0 Å². The molecule has 1 aromatic heterocycles. The van der Waals surface area contributed by atoms with Gasteiger partial charge in [0.15, 0.2) is 11.7 Å². The number of para-hydroxylation sites is 1. The van der Waals surface area contributed by atoms with Crippen LogP contribution in [0.2, 0.25) is 0 Å². The van der Waals surface area contributed by atoms with Crippen LogP contribution in [0.5, 0.6) is 0 Å². The molecular weight excluding hydrogens is 338 g/mol. The summed E-state index contributed by atoms with van der Waals surface area (Å²) in [7, 11) is 0. The molecule has 0 radical (unpaired) electrons. The van der Waals surface area contributed by atoms with E-state index in [0.717, 1.165) is 35.7 Å². The van der Waals surface area contributed by atoms with E-state index in [1.54, 1.807) is 6.20 Å². The van der Waals surface area contributed by atoms with E-state index in [9.17, 15) is 4.79 Å². The molecule has 27 heavy (non-hydrogen) atoms. The van der Waals surface area contributed by atoms with E-state index in [-0.39, 0.29) is 5.91 Å². The summed E-state index contributed by atoms with van der Waals surface area (Å²) in [6.45, 7) is 5.72. The maximum Gasteiger partial charge on any atom is 0.224 e. The van der Waals surface area contributed by atoms with Gasteiger partial charge in [-0.2, -0.15) is 0 Å². The van der Waals surface area contributed by atoms with Gasteiger partial charge in [0.2, 0.25) is 5.91 Å². The molecule has 0 aliphatic heterocycles. The smallest absolute Gasteiger partial charge is 0.224 e. The van der Waals surface area contributed by atoms with Crippen molar-refractivity contribution in [1.82, 2.24) is 10.3 Å². The van der Waals surface area contributed by atoms with Crippen molar-refractivity contribution in [3.05, 3.63) is 71.7 Å². The number of aromatic nitrogens is 1. The predicted molar refractivity (Wildman–Crippen MR) is 107 cm³/mol. The molecular formula is C22H25N3O2. The first-order valence-corrected chi connectivity index (χ1v) is 9.26. The molecule has 0 saturated heterocycles. The highest BCUT2D eigenvalue weighted by molar-refractivity contribution is 5.91. The number of oxazole rings is 1. The normalized spacial score (nSPS) is 10.7. The van der Waals surface area contributed by atoms with E-state index in [4.69, 9.17) is 4.42 Å². The molecule has 1 heterocycles. The number of benzene rings is 2. The quantitative estimate of drug-likeness (QED) is 0.625. The Morgan fingerprint density at radius 2 is 1.89 bits per heavy atom. The van der Waals surface area contributed by atoms with E-state index < -0.39 is 0 Å². The Morgan fingerprint density at radius 1 is 1.11 bits per heavy atom. The van der Waals surface area contributed by atoms with Crippen LogP contribution in [0.1, 0.15) is 30.4 Å². The summed E-state index contributed by atoms with van der Waals surface area (Å²) >= 11 is 0. The number of aryl methyl sites for hydroxylation is 2. The zero-order valence-corrected chi connectivity index (χ0v) is 15.8. The van der Waals surface area contributed by atoms with Gasteiger partial charge in [0.25, 0.3) is 0 Å². The van der Waals surface area contributed by atoms with Crippen LogP contribution in [0.3, 0.4) is 0 Å². The molecule has 2 N–H and O–H groups in total. The monoisotopic (exact) mass is 363 g/mol. The number of carbonyl (C=O) groups is 1. The van der Waals surface area contributed by atoms with Crippen molar-refractivity contribution in [3.63, 3.8) is 0 Å². The van der Waals surface area contributed by atoms with Gasteiger partial charge in [-0.05, 0) is 25.1 Å². The maximum absolute atomic E-state index is 12.3. The molecule has 0 saturated carbocycles. The SMILES string of the molecule is CCNCc1ccccc1NC(=O)CCc1ncc(-c2ccc(C)cc2)o1. The number of carbonyl (C=O) groups excluding carboxylic acids is 1. The summed E-state index contributed by atoms with van der Waals surface area (Å²) in [5.74, 6) is 1.25. The molecule has 3 aromatic rings. The summed E-state index contributed by atoms with van der Waals surface area (Å²) in [5.41, 5.74) is 4.10. The highest BCUT2D eigenvalue weighted by Crippen LogP contribution is 2.21. The second-order valence-corrected chi connectivity index (χ2v) is 6.47. The summed E-state index contributed by atoms with van der Waals surface area (Å²) in [6, 6.07) is 15.9. The second-order valence-electron chi connectivity index (χ2n) is 6.47. The first-order chi connectivity index (χ1) is 13.2. The average molecular weight is 363 g/mol. The van der Waals surface area contributed by atoms with Crippen molar-refractivity contribution >= 4 is 11.6 Å². The van der Waals surface area contributed by atoms with Gasteiger partial charge in [-0.15, -0.1) is 0 Å². The Labute approximate surface area is 159 Å². The molecule has 0 aliphatic carbocycles. The Bertz CT molecular complexity index is 885. The van der Waals surface area contributed by atoms with Crippen molar-refractivity contribution in [2.24, 2.45) is 0 Å². The lowest BCUT2D eigenvalue weighted by atomic mass is 10.1. The van der Waals surface area contributed by atoms with E-state index in [0.29, 0.717) is 18.7 Å². The average Bonchev–Trinajstić information content (AvgIpc) is 3.15. The predicted octanol–water partition coefficient (Wildman–Crippen LogP) is 4.33. The van der Waals surface area contributed by atoms with Crippen LogP contribution < -0.4 is 10.6 Å². The molecule has 0 atom stereocenters. The minimum atomic E-state index is -0.0472. The Hall–Kier alpha value is -2.92. The summed E-state index contributed by atoms with van der Waals surface area (Å²) < 4.78 is 5.79. The van der Waals surface area contributed by atoms with Crippen LogP contribution in [-0.2, 0) is 17.8 Å². The summed E-state index contributed by atoms with van der Waals surface area (Å²) in [5, 5.41) is 6.27. The molecule has 0 unspecified atom stereocenters. The molecule has 5 heteroatoms. The van der Waals surface area contributed by atoms with E-state index in [1.165, 1.54) is 5.56 Å². The number of nitrogens with zero attached hydrogens (tertiary/aromatic N) is 1. The van der Waals surface area contributed by atoms with Crippen LogP contribution in [0.15, 0.2) is 59.1 Å².